The van der Waals surface area contributed by atoms with Crippen molar-refractivity contribution in [1.82, 2.24) is 15.8 Å². The Kier molecular flexibility index (Phi) is 9.18. The van der Waals surface area contributed by atoms with Crippen LogP contribution in [-0.2, 0) is 6.18 Å². The minimum Gasteiger partial charge on any atom is -0.364 e. The molecule has 3 saturated heterocycles. The zero-order valence-corrected chi connectivity index (χ0v) is 18.4. The Labute approximate surface area is 202 Å². The summed E-state index contributed by atoms with van der Waals surface area (Å²) < 4.78 is 184. The van der Waals surface area contributed by atoms with Gasteiger partial charge in [0.1, 0.15) is 17.4 Å². The van der Waals surface area contributed by atoms with E-state index in [1.54, 1.807) is 0 Å². The van der Waals surface area contributed by atoms with E-state index in [0.717, 1.165) is 12.3 Å². The summed E-state index contributed by atoms with van der Waals surface area (Å²) in [6.07, 6.45) is -24.6. The van der Waals surface area contributed by atoms with Crippen LogP contribution in [0.1, 0.15) is 18.5 Å². The van der Waals surface area contributed by atoms with Gasteiger partial charge >= 0.3 is 30.9 Å². The molecule has 2 bridgehead atoms. The molecule has 0 amide bonds. The second-order valence-corrected chi connectivity index (χ2v) is 8.00. The Hall–Kier alpha value is -2.44. The molecule has 2 N–H and O–H groups in total. The summed E-state index contributed by atoms with van der Waals surface area (Å²) in [6, 6.07) is 0.0354. The Balaban J connectivity index is 0.000000207. The molecule has 1 aliphatic carbocycles. The van der Waals surface area contributed by atoms with E-state index >= 15 is 0 Å². The van der Waals surface area contributed by atoms with Gasteiger partial charge in [0.25, 0.3) is 0 Å². The van der Waals surface area contributed by atoms with Crippen LogP contribution in [0, 0.1) is 5.92 Å². The van der Waals surface area contributed by atoms with Gasteiger partial charge in [0.05, 0.1) is 0 Å². The second-order valence-electron chi connectivity index (χ2n) is 8.00. The standard InChI is InChI=1S/C8H7F6N.C7H7F6N.C4H2F3NO/c9-7(10,11)6(8(12,13)14)5-3-1-4(5)15-2-3;8-6(9,10)5(7(11,12)13)4-1-2-14-3-4;5-4(6,7)3-1-2-9-8-3/h3-4,15H,1-2H2;14H,1-3H2;1-2H. The van der Waals surface area contributed by atoms with Crippen LogP contribution in [-0.4, -0.2) is 55.5 Å². The first-order valence-electron chi connectivity index (χ1n) is 10.2. The average Bonchev–Trinajstić information content (AvgIpc) is 3.47. The van der Waals surface area contributed by atoms with E-state index in [1.807, 2.05) is 0 Å². The number of nitrogens with one attached hydrogen (secondary N) is 2. The smallest absolute Gasteiger partial charge is 0.364 e. The molecule has 0 radical (unpaired) electrons. The van der Waals surface area contributed by atoms with E-state index in [-0.39, 0.29) is 26.1 Å². The molecular formula is C19H16F15N3O. The monoisotopic (exact) mass is 587 g/mol. The molecule has 4 nitrogen and oxygen atoms in total. The largest absolute Gasteiger partial charge is 0.436 e. The van der Waals surface area contributed by atoms with Crippen LogP contribution in [0.4, 0.5) is 65.9 Å². The number of allylic oxidation sites excluding steroid dienone is 2. The number of aromatic nitrogens is 1. The topological polar surface area (TPSA) is 50.1 Å². The van der Waals surface area contributed by atoms with Gasteiger partial charge in [-0.25, -0.2) is 0 Å². The van der Waals surface area contributed by atoms with Crippen LogP contribution >= 0.6 is 0 Å². The zero-order valence-electron chi connectivity index (χ0n) is 18.4. The van der Waals surface area contributed by atoms with Gasteiger partial charge in [0.2, 0.25) is 0 Å². The molecule has 2 atom stereocenters. The van der Waals surface area contributed by atoms with E-state index in [0.29, 0.717) is 6.42 Å². The first kappa shape index (κ1) is 31.8. The number of alkyl halides is 15. The first-order chi connectivity index (χ1) is 17.0. The Morgan fingerprint density at radius 3 is 1.58 bits per heavy atom. The van der Waals surface area contributed by atoms with Gasteiger partial charge in [-0.1, -0.05) is 5.16 Å². The van der Waals surface area contributed by atoms with Gasteiger partial charge in [-0.05, 0) is 36.5 Å². The van der Waals surface area contributed by atoms with Crippen molar-refractivity contribution < 1.29 is 70.4 Å². The van der Waals surface area contributed by atoms with Crippen LogP contribution in [0.2, 0.25) is 0 Å². The summed E-state index contributed by atoms with van der Waals surface area (Å²) in [6.45, 7) is 0.0367. The summed E-state index contributed by atoms with van der Waals surface area (Å²) >= 11 is 0. The van der Waals surface area contributed by atoms with Crippen molar-refractivity contribution in [3.63, 3.8) is 0 Å². The minimum absolute atomic E-state index is 0.158. The number of fused-ring (bicyclic) bond motifs is 1. The van der Waals surface area contributed by atoms with E-state index in [9.17, 15) is 65.9 Å². The molecule has 1 saturated carbocycles. The van der Waals surface area contributed by atoms with E-state index in [2.05, 4.69) is 20.3 Å². The minimum atomic E-state index is -5.32. The molecule has 5 rings (SSSR count). The molecule has 3 aliphatic heterocycles. The van der Waals surface area contributed by atoms with Crippen molar-refractivity contribution in [3.05, 3.63) is 40.3 Å². The number of hydrogen-bond donors (Lipinski definition) is 2. The molecular weight excluding hydrogens is 571 g/mol. The van der Waals surface area contributed by atoms with Crippen molar-refractivity contribution >= 4 is 0 Å². The molecule has 4 fully saturated rings. The zero-order chi connectivity index (χ0) is 29.3. The maximum atomic E-state index is 12.3. The van der Waals surface area contributed by atoms with Crippen LogP contribution in [0.5, 0.6) is 0 Å². The third kappa shape index (κ3) is 8.03. The van der Waals surface area contributed by atoms with Crippen molar-refractivity contribution in [1.29, 1.82) is 0 Å². The lowest BCUT2D eigenvalue weighted by Gasteiger charge is -2.31. The quantitative estimate of drug-likeness (QED) is 0.269. The number of rotatable bonds is 0. The molecule has 218 valence electrons. The fourth-order valence-corrected chi connectivity index (χ4v) is 3.90. The Bertz CT molecular complexity index is 939. The van der Waals surface area contributed by atoms with Crippen molar-refractivity contribution in [2.45, 2.75) is 49.8 Å². The maximum Gasteiger partial charge on any atom is 0.436 e. The van der Waals surface area contributed by atoms with Crippen molar-refractivity contribution in [2.24, 2.45) is 5.92 Å². The fraction of sp³-hybridized carbons (Fsp3) is 0.632. The highest BCUT2D eigenvalue weighted by atomic mass is 19.4. The number of hydrogen-bond acceptors (Lipinski definition) is 4. The van der Waals surface area contributed by atoms with Crippen molar-refractivity contribution in [3.8, 4) is 0 Å². The van der Waals surface area contributed by atoms with E-state index in [4.69, 9.17) is 0 Å². The highest BCUT2D eigenvalue weighted by Crippen LogP contribution is 2.50. The normalized spacial score (nSPS) is 21.8. The molecule has 38 heavy (non-hydrogen) atoms. The van der Waals surface area contributed by atoms with Crippen LogP contribution in [0.25, 0.3) is 0 Å². The van der Waals surface area contributed by atoms with Crippen LogP contribution in [0.15, 0.2) is 39.1 Å². The molecule has 2 unspecified atom stereocenters. The summed E-state index contributed by atoms with van der Waals surface area (Å²) in [7, 11) is 0. The highest BCUT2D eigenvalue weighted by Gasteiger charge is 2.58. The molecule has 1 aromatic heterocycles. The predicted octanol–water partition coefficient (Wildman–Crippen LogP) is 6.49. The molecule has 1 aromatic rings. The third-order valence-corrected chi connectivity index (χ3v) is 5.39. The summed E-state index contributed by atoms with van der Waals surface area (Å²) in [5.74, 6) is -0.590. The summed E-state index contributed by atoms with van der Waals surface area (Å²) in [5.41, 5.74) is -6.77. The van der Waals surface area contributed by atoms with Gasteiger partial charge in [-0.3, -0.25) is 0 Å². The van der Waals surface area contributed by atoms with Crippen molar-refractivity contribution in [2.75, 3.05) is 19.6 Å². The van der Waals surface area contributed by atoms with E-state index < -0.39 is 70.8 Å². The summed E-state index contributed by atoms with van der Waals surface area (Å²) in [5, 5.41) is 7.74. The van der Waals surface area contributed by atoms with Gasteiger partial charge in [0.15, 0.2) is 5.69 Å². The summed E-state index contributed by atoms with van der Waals surface area (Å²) in [4.78, 5) is 0. The fourth-order valence-electron chi connectivity index (χ4n) is 3.90. The third-order valence-electron chi connectivity index (χ3n) is 5.39. The average molecular weight is 587 g/mol. The number of halogens is 15. The lowest BCUT2D eigenvalue weighted by atomic mass is 9.76. The molecule has 4 aliphatic rings. The molecule has 19 heteroatoms. The maximum absolute atomic E-state index is 12.3. The molecule has 0 aromatic carbocycles. The van der Waals surface area contributed by atoms with Crippen LogP contribution < -0.4 is 10.6 Å². The highest BCUT2D eigenvalue weighted by molar-refractivity contribution is 5.39. The van der Waals surface area contributed by atoms with Gasteiger partial charge in [-0.15, -0.1) is 0 Å². The lowest BCUT2D eigenvalue weighted by molar-refractivity contribution is -0.175. The molecule has 4 heterocycles. The first-order valence-corrected chi connectivity index (χ1v) is 10.2. The molecule has 0 spiro atoms. The predicted molar refractivity (Wildman–Crippen MR) is 97.2 cm³/mol. The SMILES string of the molecule is FC(F)(F)C(=C1C2CNC1C2)C(F)(F)F.FC(F)(F)C(=C1CCNC1)C(F)(F)F.FC(F)(F)c1ccon1. The van der Waals surface area contributed by atoms with Gasteiger partial charge in [-0.2, -0.15) is 65.9 Å². The van der Waals surface area contributed by atoms with Gasteiger partial charge in [0, 0.05) is 25.2 Å². The number of nitrogens with zero attached hydrogens (tertiary/aromatic N) is 1. The Morgan fingerprint density at radius 1 is 0.789 bits per heavy atom. The van der Waals surface area contributed by atoms with Crippen LogP contribution in [0.3, 0.4) is 0 Å². The second kappa shape index (κ2) is 11.0. The van der Waals surface area contributed by atoms with E-state index in [1.165, 1.54) is 0 Å². The Morgan fingerprint density at radius 2 is 1.32 bits per heavy atom. The van der Waals surface area contributed by atoms with Gasteiger partial charge < -0.3 is 15.2 Å². The lowest BCUT2D eigenvalue weighted by Crippen LogP contribution is -2.37.